The first-order chi connectivity index (χ1) is 14.9. The Morgan fingerprint density at radius 3 is 2.81 bits per heavy atom. The highest BCUT2D eigenvalue weighted by Gasteiger charge is 2.27. The number of hydrogen-bond donors (Lipinski definition) is 2. The molecule has 1 atom stereocenters. The molecule has 0 radical (unpaired) electrons. The molecule has 3 heterocycles. The Balaban J connectivity index is 1.51. The van der Waals surface area contributed by atoms with E-state index in [-0.39, 0.29) is 29.8 Å². The van der Waals surface area contributed by atoms with Crippen LogP contribution in [0.25, 0.3) is 10.3 Å². The Morgan fingerprint density at radius 1 is 1.29 bits per heavy atom. The number of anilines is 2. The molecule has 9 nitrogen and oxygen atoms in total. The van der Waals surface area contributed by atoms with E-state index < -0.39 is 0 Å². The minimum atomic E-state index is -0.347. The molecular formula is C20H21ClN6O3S. The van der Waals surface area contributed by atoms with Crippen LogP contribution in [0.4, 0.5) is 10.8 Å². The molecule has 2 amide bonds. The van der Waals surface area contributed by atoms with E-state index in [1.165, 1.54) is 22.2 Å². The highest BCUT2D eigenvalue weighted by molar-refractivity contribution is 7.22. The quantitative estimate of drug-likeness (QED) is 0.603. The Hall–Kier alpha value is -2.98. The molecule has 1 aromatic carbocycles. The van der Waals surface area contributed by atoms with E-state index in [0.717, 1.165) is 19.4 Å². The monoisotopic (exact) mass is 460 g/mol. The second kappa shape index (κ2) is 9.03. The van der Waals surface area contributed by atoms with Gasteiger partial charge in [-0.05, 0) is 37.1 Å². The first-order valence-corrected chi connectivity index (χ1v) is 11.0. The largest absolute Gasteiger partial charge is 0.359 e. The molecule has 2 N–H and O–H groups in total. The van der Waals surface area contributed by atoms with Crippen molar-refractivity contribution in [1.29, 1.82) is 0 Å². The van der Waals surface area contributed by atoms with Crippen LogP contribution in [0.15, 0.2) is 35.4 Å². The van der Waals surface area contributed by atoms with E-state index in [1.54, 1.807) is 31.3 Å². The van der Waals surface area contributed by atoms with Crippen molar-refractivity contribution in [3.8, 4) is 0 Å². The summed E-state index contributed by atoms with van der Waals surface area (Å²) in [4.78, 5) is 48.0. The summed E-state index contributed by atoms with van der Waals surface area (Å²) in [5.74, 6) is -0.440. The van der Waals surface area contributed by atoms with Crippen molar-refractivity contribution in [3.63, 3.8) is 0 Å². The predicted octanol–water partition coefficient (Wildman–Crippen LogP) is 2.11. The van der Waals surface area contributed by atoms with Crippen LogP contribution in [0, 0.1) is 5.92 Å². The van der Waals surface area contributed by atoms with Gasteiger partial charge in [0.15, 0.2) is 10.8 Å². The van der Waals surface area contributed by atoms with Gasteiger partial charge >= 0.3 is 0 Å². The number of halogens is 1. The highest BCUT2D eigenvalue weighted by atomic mass is 35.5. The molecular weight excluding hydrogens is 440 g/mol. The van der Waals surface area contributed by atoms with Crippen LogP contribution in [0.1, 0.15) is 12.8 Å². The zero-order valence-corrected chi connectivity index (χ0v) is 18.4. The summed E-state index contributed by atoms with van der Waals surface area (Å²) >= 11 is 7.09. The molecule has 0 bridgehead atoms. The Morgan fingerprint density at radius 2 is 2.06 bits per heavy atom. The van der Waals surface area contributed by atoms with E-state index >= 15 is 0 Å². The van der Waals surface area contributed by atoms with Crippen LogP contribution in [0.5, 0.6) is 0 Å². The molecule has 1 aliphatic rings. The van der Waals surface area contributed by atoms with Crippen molar-refractivity contribution < 1.29 is 9.59 Å². The van der Waals surface area contributed by atoms with Gasteiger partial charge in [0, 0.05) is 30.8 Å². The van der Waals surface area contributed by atoms with Crippen LogP contribution < -0.4 is 21.1 Å². The fourth-order valence-corrected chi connectivity index (χ4v) is 4.67. The lowest BCUT2D eigenvalue weighted by Crippen LogP contribution is -2.42. The topological polar surface area (TPSA) is 109 Å². The number of nitrogens with one attached hydrogen (secondary N) is 2. The van der Waals surface area contributed by atoms with Crippen molar-refractivity contribution in [2.75, 3.05) is 30.4 Å². The molecule has 0 spiro atoms. The maximum atomic E-state index is 12.9. The van der Waals surface area contributed by atoms with Crippen molar-refractivity contribution in [1.82, 2.24) is 19.9 Å². The summed E-state index contributed by atoms with van der Waals surface area (Å²) in [5, 5.41) is 6.66. The lowest BCUT2D eigenvalue weighted by atomic mass is 9.98. The summed E-state index contributed by atoms with van der Waals surface area (Å²) in [6, 6.07) is 6.71. The second-order valence-corrected chi connectivity index (χ2v) is 8.70. The van der Waals surface area contributed by atoms with Gasteiger partial charge in [0.2, 0.25) is 11.8 Å². The first-order valence-electron chi connectivity index (χ1n) is 9.82. The van der Waals surface area contributed by atoms with E-state index in [9.17, 15) is 14.4 Å². The first kappa shape index (κ1) is 21.3. The highest BCUT2D eigenvalue weighted by Crippen LogP contribution is 2.29. The molecule has 0 aliphatic carbocycles. The average Bonchev–Trinajstić information content (AvgIpc) is 3.22. The van der Waals surface area contributed by atoms with Crippen molar-refractivity contribution >= 4 is 55.9 Å². The van der Waals surface area contributed by atoms with Crippen LogP contribution in [-0.2, 0) is 16.1 Å². The van der Waals surface area contributed by atoms with Gasteiger partial charge in [-0.25, -0.2) is 4.98 Å². The molecule has 11 heteroatoms. The fourth-order valence-electron chi connectivity index (χ4n) is 3.54. The smallest absolute Gasteiger partial charge is 0.273 e. The molecule has 1 fully saturated rings. The summed E-state index contributed by atoms with van der Waals surface area (Å²) < 4.78 is 1.65. The lowest BCUT2D eigenvalue weighted by molar-refractivity contribution is -0.124. The summed E-state index contributed by atoms with van der Waals surface area (Å²) in [6.45, 7) is 1.16. The number of thiazole rings is 1. The number of carbonyl (C=O) groups is 2. The molecule has 4 rings (SSSR count). The minimum absolute atomic E-state index is 0.0120. The van der Waals surface area contributed by atoms with Crippen molar-refractivity contribution in [2.45, 2.75) is 19.4 Å². The number of rotatable bonds is 5. The number of hydrogen-bond acceptors (Lipinski definition) is 7. The van der Waals surface area contributed by atoms with Gasteiger partial charge in [0.05, 0.1) is 5.92 Å². The number of amides is 2. The minimum Gasteiger partial charge on any atom is -0.359 e. The molecule has 162 valence electrons. The maximum Gasteiger partial charge on any atom is 0.273 e. The van der Waals surface area contributed by atoms with Crippen LogP contribution in [-0.4, -0.2) is 46.5 Å². The van der Waals surface area contributed by atoms with Gasteiger partial charge in [-0.2, -0.15) is 4.98 Å². The van der Waals surface area contributed by atoms with E-state index in [1.807, 2.05) is 4.90 Å². The molecule has 1 saturated heterocycles. The number of piperidine rings is 1. The molecule has 3 aromatic rings. The van der Waals surface area contributed by atoms with Crippen molar-refractivity contribution in [2.24, 2.45) is 5.92 Å². The third-order valence-electron chi connectivity index (χ3n) is 5.12. The van der Waals surface area contributed by atoms with Gasteiger partial charge in [-0.3, -0.25) is 19.0 Å². The Labute approximate surface area is 187 Å². The van der Waals surface area contributed by atoms with Crippen LogP contribution in [0.3, 0.4) is 0 Å². The number of carbonyl (C=O) groups excluding carboxylic acids is 2. The van der Waals surface area contributed by atoms with Gasteiger partial charge in [-0.15, -0.1) is 0 Å². The Bertz CT molecular complexity index is 1180. The predicted molar refractivity (Wildman–Crippen MR) is 121 cm³/mol. The maximum absolute atomic E-state index is 12.9. The normalized spacial score (nSPS) is 16.3. The van der Waals surface area contributed by atoms with Gasteiger partial charge in [-0.1, -0.05) is 22.9 Å². The van der Waals surface area contributed by atoms with Gasteiger partial charge in [0.1, 0.15) is 17.6 Å². The van der Waals surface area contributed by atoms with E-state index in [4.69, 9.17) is 11.6 Å². The third-order valence-corrected chi connectivity index (χ3v) is 6.47. The lowest BCUT2D eigenvalue weighted by Gasteiger charge is -2.31. The third kappa shape index (κ3) is 4.70. The van der Waals surface area contributed by atoms with E-state index in [0.29, 0.717) is 32.7 Å². The molecule has 31 heavy (non-hydrogen) atoms. The summed E-state index contributed by atoms with van der Waals surface area (Å²) in [5.41, 5.74) is 0.619. The number of aromatic nitrogens is 3. The van der Waals surface area contributed by atoms with E-state index in [2.05, 4.69) is 20.6 Å². The molecule has 1 aliphatic heterocycles. The number of nitrogens with zero attached hydrogens (tertiary/aromatic N) is 4. The zero-order chi connectivity index (χ0) is 22.0. The van der Waals surface area contributed by atoms with Crippen LogP contribution in [0.2, 0.25) is 5.02 Å². The fraction of sp³-hybridized carbons (Fsp3) is 0.350. The van der Waals surface area contributed by atoms with Crippen molar-refractivity contribution in [3.05, 3.63) is 46.0 Å². The molecule has 0 unspecified atom stereocenters. The summed E-state index contributed by atoms with van der Waals surface area (Å²) in [6.07, 6.45) is 3.03. The average molecular weight is 461 g/mol. The molecule has 2 aromatic heterocycles. The molecule has 0 saturated carbocycles. The Kier molecular flexibility index (Phi) is 6.19. The van der Waals surface area contributed by atoms with Gasteiger partial charge < -0.3 is 15.5 Å². The van der Waals surface area contributed by atoms with Crippen LogP contribution >= 0.6 is 22.9 Å². The zero-order valence-electron chi connectivity index (χ0n) is 16.8. The summed E-state index contributed by atoms with van der Waals surface area (Å²) in [7, 11) is 1.63. The number of fused-ring (bicyclic) bond motifs is 1. The SMILES string of the molecule is CNC(=O)[C@H]1CCCN(c2nc3ncn(CC(=O)Nc4ccc(Cl)cc4)c(=O)c3s2)C1. The van der Waals surface area contributed by atoms with Gasteiger partial charge in [0.25, 0.3) is 5.56 Å². The number of benzene rings is 1. The standard InChI is InChI=1S/C20H21ClN6O3S/c1-22-18(29)12-3-2-8-26(9-12)20-25-17-16(31-20)19(30)27(11-23-17)10-15(28)24-14-6-4-13(21)5-7-14/h4-7,11-12H,2-3,8-10H2,1H3,(H,22,29)(H,24,28)/t12-/m0/s1. The second-order valence-electron chi connectivity index (χ2n) is 7.28.